The van der Waals surface area contributed by atoms with Crippen LogP contribution in [-0.2, 0) is 9.59 Å². The van der Waals surface area contributed by atoms with Crippen LogP contribution in [0.4, 0.5) is 14.5 Å². The molecule has 1 aliphatic heterocycles. The number of rotatable bonds is 4. The van der Waals surface area contributed by atoms with E-state index in [1.807, 2.05) is 30.3 Å². The molecule has 0 bridgehead atoms. The highest BCUT2D eigenvalue weighted by atomic mass is 19.1. The van der Waals surface area contributed by atoms with Gasteiger partial charge in [0.05, 0.1) is 12.0 Å². The first-order valence-electron chi connectivity index (χ1n) is 8.96. The van der Waals surface area contributed by atoms with E-state index in [-0.39, 0.29) is 36.5 Å². The normalized spacial score (nSPS) is 17.9. The molecule has 1 fully saturated rings. The molecule has 1 N–H and O–H groups in total. The van der Waals surface area contributed by atoms with Crippen LogP contribution in [0.15, 0.2) is 52.9 Å². The van der Waals surface area contributed by atoms with Gasteiger partial charge in [0, 0.05) is 30.1 Å². The van der Waals surface area contributed by atoms with Gasteiger partial charge < -0.3 is 14.6 Å². The van der Waals surface area contributed by atoms with Gasteiger partial charge in [0.15, 0.2) is 0 Å². The number of para-hydroxylation sites is 1. The summed E-state index contributed by atoms with van der Waals surface area (Å²) in [5.74, 6) is -2.18. The molecule has 4 rings (SSSR count). The fourth-order valence-corrected chi connectivity index (χ4v) is 3.45. The smallest absolute Gasteiger partial charge is 0.227 e. The van der Waals surface area contributed by atoms with Crippen molar-refractivity contribution in [2.45, 2.75) is 19.4 Å². The number of amides is 2. The minimum absolute atomic E-state index is 0.0170. The van der Waals surface area contributed by atoms with E-state index in [1.54, 1.807) is 6.92 Å². The molecule has 0 saturated carbocycles. The van der Waals surface area contributed by atoms with Crippen LogP contribution in [0.3, 0.4) is 0 Å². The Morgan fingerprint density at radius 3 is 2.61 bits per heavy atom. The van der Waals surface area contributed by atoms with Crippen LogP contribution in [-0.4, -0.2) is 18.4 Å². The van der Waals surface area contributed by atoms with Crippen molar-refractivity contribution < 1.29 is 22.8 Å². The molecular weight excluding hydrogens is 366 g/mol. The summed E-state index contributed by atoms with van der Waals surface area (Å²) in [4.78, 5) is 26.1. The van der Waals surface area contributed by atoms with Crippen LogP contribution in [0.2, 0.25) is 0 Å². The molecule has 28 heavy (non-hydrogen) atoms. The van der Waals surface area contributed by atoms with E-state index >= 15 is 0 Å². The maximum absolute atomic E-state index is 13.4. The molecule has 144 valence electrons. The number of carbonyl (C=O) groups is 2. The van der Waals surface area contributed by atoms with Crippen molar-refractivity contribution in [3.8, 4) is 0 Å². The number of halogens is 2. The summed E-state index contributed by atoms with van der Waals surface area (Å²) >= 11 is 0. The minimum atomic E-state index is -0.769. The molecule has 2 heterocycles. The molecule has 1 aromatic heterocycles. The second-order valence-corrected chi connectivity index (χ2v) is 6.95. The molecule has 3 aromatic rings. The van der Waals surface area contributed by atoms with E-state index < -0.39 is 17.6 Å². The Hall–Kier alpha value is -3.22. The Morgan fingerprint density at radius 1 is 1.18 bits per heavy atom. The van der Waals surface area contributed by atoms with Crippen LogP contribution in [0, 0.1) is 17.6 Å². The minimum Gasteiger partial charge on any atom is -0.459 e. The largest absolute Gasteiger partial charge is 0.459 e. The van der Waals surface area contributed by atoms with Crippen LogP contribution in [0.25, 0.3) is 11.0 Å². The Labute approximate surface area is 159 Å². The van der Waals surface area contributed by atoms with Crippen LogP contribution >= 0.6 is 0 Å². The number of carbonyl (C=O) groups excluding carboxylic acids is 2. The van der Waals surface area contributed by atoms with Gasteiger partial charge in [0.1, 0.15) is 23.0 Å². The lowest BCUT2D eigenvalue weighted by atomic mass is 10.1. The molecule has 1 aliphatic rings. The van der Waals surface area contributed by atoms with Crippen LogP contribution < -0.4 is 10.2 Å². The summed E-state index contributed by atoms with van der Waals surface area (Å²) < 4.78 is 32.6. The summed E-state index contributed by atoms with van der Waals surface area (Å²) in [7, 11) is 0. The molecule has 2 amide bonds. The van der Waals surface area contributed by atoms with Gasteiger partial charge in [-0.3, -0.25) is 9.59 Å². The van der Waals surface area contributed by atoms with Crippen LogP contribution in [0.1, 0.15) is 25.1 Å². The quantitative estimate of drug-likeness (QED) is 0.741. The number of hydrogen-bond acceptors (Lipinski definition) is 3. The van der Waals surface area contributed by atoms with Gasteiger partial charge in [0.2, 0.25) is 11.8 Å². The van der Waals surface area contributed by atoms with E-state index in [2.05, 4.69) is 5.32 Å². The molecule has 2 atom stereocenters. The standard InChI is InChI=1S/C21H18F2N2O3/c1-12(19-6-13-4-2-3-5-18(13)28-19)24-21(27)14-7-20(26)25(11-14)17-9-15(22)8-16(23)10-17/h2-6,8-10,12,14H,7,11H2,1H3,(H,24,27). The molecule has 7 heteroatoms. The van der Waals surface area contributed by atoms with Gasteiger partial charge >= 0.3 is 0 Å². The summed E-state index contributed by atoms with van der Waals surface area (Å²) in [5.41, 5.74) is 0.845. The maximum atomic E-state index is 13.4. The van der Waals surface area contributed by atoms with Crippen molar-refractivity contribution in [1.29, 1.82) is 0 Å². The number of furan rings is 1. The second-order valence-electron chi connectivity index (χ2n) is 6.95. The van der Waals surface area contributed by atoms with Gasteiger partial charge in [-0.25, -0.2) is 8.78 Å². The summed E-state index contributed by atoms with van der Waals surface area (Å²) in [6.45, 7) is 1.87. The number of hydrogen-bond donors (Lipinski definition) is 1. The number of nitrogens with zero attached hydrogens (tertiary/aromatic N) is 1. The second kappa shape index (κ2) is 7.07. The highest BCUT2D eigenvalue weighted by Gasteiger charge is 2.36. The number of anilines is 1. The third-order valence-electron chi connectivity index (χ3n) is 4.88. The average molecular weight is 384 g/mol. The third-order valence-corrected chi connectivity index (χ3v) is 4.88. The summed E-state index contributed by atoms with van der Waals surface area (Å²) in [5, 5.41) is 3.79. The zero-order valence-electron chi connectivity index (χ0n) is 15.1. The lowest BCUT2D eigenvalue weighted by molar-refractivity contribution is -0.127. The zero-order chi connectivity index (χ0) is 19.8. The first-order chi connectivity index (χ1) is 13.4. The van der Waals surface area contributed by atoms with Crippen molar-refractivity contribution >= 4 is 28.5 Å². The van der Waals surface area contributed by atoms with E-state index in [0.29, 0.717) is 5.76 Å². The lowest BCUT2D eigenvalue weighted by Crippen LogP contribution is -2.34. The molecule has 0 aliphatic carbocycles. The molecule has 5 nitrogen and oxygen atoms in total. The molecular formula is C21H18F2N2O3. The highest BCUT2D eigenvalue weighted by Crippen LogP contribution is 2.28. The fraction of sp³-hybridized carbons (Fsp3) is 0.238. The Bertz CT molecular complexity index is 1010. The maximum Gasteiger partial charge on any atom is 0.227 e. The summed E-state index contributed by atoms with van der Waals surface area (Å²) in [6, 6.07) is 11.9. The van der Waals surface area contributed by atoms with Crippen molar-refractivity contribution in [3.05, 3.63) is 65.9 Å². The zero-order valence-corrected chi connectivity index (χ0v) is 15.1. The number of nitrogens with one attached hydrogen (secondary N) is 1. The molecule has 2 unspecified atom stereocenters. The average Bonchev–Trinajstić information content (AvgIpc) is 3.24. The fourth-order valence-electron chi connectivity index (χ4n) is 3.45. The van der Waals surface area contributed by atoms with Gasteiger partial charge in [-0.1, -0.05) is 18.2 Å². The van der Waals surface area contributed by atoms with E-state index in [0.717, 1.165) is 29.2 Å². The van der Waals surface area contributed by atoms with Crippen molar-refractivity contribution in [2.24, 2.45) is 5.92 Å². The molecule has 2 aromatic carbocycles. The number of fused-ring (bicyclic) bond motifs is 1. The van der Waals surface area contributed by atoms with Crippen LogP contribution in [0.5, 0.6) is 0 Å². The Morgan fingerprint density at radius 2 is 1.89 bits per heavy atom. The number of benzene rings is 2. The molecule has 0 radical (unpaired) electrons. The first kappa shape index (κ1) is 18.2. The Balaban J connectivity index is 1.45. The first-order valence-corrected chi connectivity index (χ1v) is 8.96. The van der Waals surface area contributed by atoms with Gasteiger partial charge in [-0.05, 0) is 31.2 Å². The lowest BCUT2D eigenvalue weighted by Gasteiger charge is -2.18. The predicted molar refractivity (Wildman–Crippen MR) is 99.6 cm³/mol. The monoisotopic (exact) mass is 384 g/mol. The third kappa shape index (κ3) is 3.47. The van der Waals surface area contributed by atoms with E-state index in [4.69, 9.17) is 4.42 Å². The van der Waals surface area contributed by atoms with Gasteiger partial charge in [0.25, 0.3) is 0 Å². The molecule has 0 spiro atoms. The van der Waals surface area contributed by atoms with E-state index in [1.165, 1.54) is 4.90 Å². The topological polar surface area (TPSA) is 62.6 Å². The van der Waals surface area contributed by atoms with Gasteiger partial charge in [-0.15, -0.1) is 0 Å². The summed E-state index contributed by atoms with van der Waals surface area (Å²) in [6.07, 6.45) is -0.0170. The Kier molecular flexibility index (Phi) is 4.58. The highest BCUT2D eigenvalue weighted by molar-refractivity contribution is 6.00. The van der Waals surface area contributed by atoms with Gasteiger partial charge in [-0.2, -0.15) is 0 Å². The molecule has 1 saturated heterocycles. The van der Waals surface area contributed by atoms with Crippen molar-refractivity contribution in [1.82, 2.24) is 5.32 Å². The predicted octanol–water partition coefficient (Wildman–Crippen LogP) is 3.94. The SMILES string of the molecule is CC(NC(=O)C1CC(=O)N(c2cc(F)cc(F)c2)C1)c1cc2ccccc2o1. The van der Waals surface area contributed by atoms with Crippen molar-refractivity contribution in [2.75, 3.05) is 11.4 Å². The van der Waals surface area contributed by atoms with Crippen molar-refractivity contribution in [3.63, 3.8) is 0 Å². The van der Waals surface area contributed by atoms with E-state index in [9.17, 15) is 18.4 Å².